The topological polar surface area (TPSA) is 86.5 Å². The Hall–Kier alpha value is -4.13. The van der Waals surface area contributed by atoms with Crippen molar-refractivity contribution in [3.8, 4) is 28.7 Å². The molecular weight excluding hydrogens is 370 g/mol. The molecule has 0 atom stereocenters. The molecule has 0 spiro atoms. The Morgan fingerprint density at radius 2 is 1.59 bits per heavy atom. The second-order valence-corrected chi connectivity index (χ2v) is 6.04. The molecule has 0 radical (unpaired) electrons. The monoisotopic (exact) mass is 387 g/mol. The van der Waals surface area contributed by atoms with Crippen molar-refractivity contribution in [1.82, 2.24) is 10.2 Å². The molecule has 1 N–H and O–H groups in total. The maximum atomic E-state index is 12.4. The van der Waals surface area contributed by atoms with Gasteiger partial charge in [0.05, 0.1) is 7.11 Å². The number of carbonyl (C=O) groups is 1. The lowest BCUT2D eigenvalue weighted by Gasteiger charge is -2.07. The van der Waals surface area contributed by atoms with Gasteiger partial charge in [-0.3, -0.25) is 4.79 Å². The molecule has 7 nitrogen and oxygen atoms in total. The maximum Gasteiger partial charge on any atom is 0.313 e. The Morgan fingerprint density at radius 1 is 0.862 bits per heavy atom. The predicted molar refractivity (Wildman–Crippen MR) is 107 cm³/mol. The zero-order valence-corrected chi connectivity index (χ0v) is 15.5. The average Bonchev–Trinajstić information content (AvgIpc) is 3.26. The molecule has 144 valence electrons. The highest BCUT2D eigenvalue weighted by Crippen LogP contribution is 2.24. The smallest absolute Gasteiger partial charge is 0.313 e. The van der Waals surface area contributed by atoms with Crippen LogP contribution in [-0.4, -0.2) is 23.2 Å². The Labute approximate surface area is 166 Å². The van der Waals surface area contributed by atoms with Crippen LogP contribution in [0.2, 0.25) is 0 Å². The standard InChI is InChI=1S/C22H17N3O4/c1-27-19-9-5-6-15(14-19)21-24-25-22(29-21)20(26)23-16-10-12-18(13-11-16)28-17-7-3-2-4-8-17/h2-14H,1H3,(H,23,26). The molecule has 0 fully saturated rings. The summed E-state index contributed by atoms with van der Waals surface area (Å²) >= 11 is 0. The van der Waals surface area contributed by atoms with Gasteiger partial charge in [-0.15, -0.1) is 10.2 Å². The van der Waals surface area contributed by atoms with Crippen molar-refractivity contribution in [3.63, 3.8) is 0 Å². The van der Waals surface area contributed by atoms with Gasteiger partial charge in [-0.2, -0.15) is 0 Å². The van der Waals surface area contributed by atoms with Crippen LogP contribution < -0.4 is 14.8 Å². The third-order valence-corrected chi connectivity index (χ3v) is 4.03. The molecule has 0 saturated heterocycles. The second kappa shape index (κ2) is 8.26. The molecule has 29 heavy (non-hydrogen) atoms. The van der Waals surface area contributed by atoms with Crippen molar-refractivity contribution < 1.29 is 18.7 Å². The van der Waals surface area contributed by atoms with Crippen LogP contribution >= 0.6 is 0 Å². The largest absolute Gasteiger partial charge is 0.497 e. The summed E-state index contributed by atoms with van der Waals surface area (Å²) in [7, 11) is 1.57. The van der Waals surface area contributed by atoms with Crippen molar-refractivity contribution in [1.29, 1.82) is 0 Å². The molecular formula is C22H17N3O4. The highest BCUT2D eigenvalue weighted by atomic mass is 16.5. The fourth-order valence-corrected chi connectivity index (χ4v) is 2.60. The first kappa shape index (κ1) is 18.2. The number of methoxy groups -OCH3 is 1. The summed E-state index contributed by atoms with van der Waals surface area (Å²) in [5, 5.41) is 10.5. The Kier molecular flexibility index (Phi) is 5.20. The van der Waals surface area contributed by atoms with Crippen LogP contribution in [0.25, 0.3) is 11.5 Å². The number of ether oxygens (including phenoxy) is 2. The van der Waals surface area contributed by atoms with Crippen molar-refractivity contribution in [2.24, 2.45) is 0 Å². The average molecular weight is 387 g/mol. The fraction of sp³-hybridized carbons (Fsp3) is 0.0455. The summed E-state index contributed by atoms with van der Waals surface area (Å²) in [6.07, 6.45) is 0. The summed E-state index contributed by atoms with van der Waals surface area (Å²) < 4.78 is 16.4. The number of amides is 1. The number of para-hydroxylation sites is 1. The number of nitrogens with zero attached hydrogens (tertiary/aromatic N) is 2. The van der Waals surface area contributed by atoms with Crippen LogP contribution in [0.15, 0.2) is 83.3 Å². The number of anilines is 1. The number of aromatic nitrogens is 2. The predicted octanol–water partition coefficient (Wildman–Crippen LogP) is 4.79. The van der Waals surface area contributed by atoms with E-state index in [1.807, 2.05) is 30.3 Å². The summed E-state index contributed by atoms with van der Waals surface area (Å²) in [4.78, 5) is 12.4. The summed E-state index contributed by atoms with van der Waals surface area (Å²) in [6, 6.07) is 23.6. The van der Waals surface area contributed by atoms with Crippen LogP contribution in [0, 0.1) is 0 Å². The molecule has 1 aromatic heterocycles. The SMILES string of the molecule is COc1cccc(-c2nnc(C(=O)Nc3ccc(Oc4ccccc4)cc3)o2)c1. The molecule has 0 aliphatic carbocycles. The van der Waals surface area contributed by atoms with Crippen molar-refractivity contribution in [2.45, 2.75) is 0 Å². The maximum absolute atomic E-state index is 12.4. The van der Waals surface area contributed by atoms with Gasteiger partial charge >= 0.3 is 11.8 Å². The quantitative estimate of drug-likeness (QED) is 0.512. The lowest BCUT2D eigenvalue weighted by molar-refractivity contribution is 0.0991. The molecule has 0 aliphatic rings. The van der Waals surface area contributed by atoms with E-state index in [0.717, 1.165) is 5.75 Å². The third kappa shape index (κ3) is 4.41. The van der Waals surface area contributed by atoms with Crippen LogP contribution in [0.1, 0.15) is 10.7 Å². The molecule has 4 aromatic rings. The molecule has 3 aromatic carbocycles. The van der Waals surface area contributed by atoms with E-state index in [9.17, 15) is 4.79 Å². The first-order valence-electron chi connectivity index (χ1n) is 8.83. The molecule has 7 heteroatoms. The van der Waals surface area contributed by atoms with E-state index >= 15 is 0 Å². The van der Waals surface area contributed by atoms with Crippen molar-refractivity contribution in [3.05, 3.63) is 84.8 Å². The van der Waals surface area contributed by atoms with E-state index in [2.05, 4.69) is 15.5 Å². The minimum atomic E-state index is -0.497. The lowest BCUT2D eigenvalue weighted by Crippen LogP contribution is -2.12. The number of carbonyl (C=O) groups excluding carboxylic acids is 1. The van der Waals surface area contributed by atoms with E-state index < -0.39 is 5.91 Å². The highest BCUT2D eigenvalue weighted by Gasteiger charge is 2.16. The van der Waals surface area contributed by atoms with Gasteiger partial charge in [0.25, 0.3) is 0 Å². The van der Waals surface area contributed by atoms with Crippen LogP contribution in [0.5, 0.6) is 17.2 Å². The van der Waals surface area contributed by atoms with E-state index in [-0.39, 0.29) is 11.8 Å². The summed E-state index contributed by atoms with van der Waals surface area (Å²) in [5.41, 5.74) is 1.25. The molecule has 0 unspecified atom stereocenters. The van der Waals surface area contributed by atoms with Crippen molar-refractivity contribution >= 4 is 11.6 Å². The van der Waals surface area contributed by atoms with Gasteiger partial charge < -0.3 is 19.2 Å². The Morgan fingerprint density at radius 3 is 2.34 bits per heavy atom. The summed E-state index contributed by atoms with van der Waals surface area (Å²) in [6.45, 7) is 0. The first-order valence-corrected chi connectivity index (χ1v) is 8.83. The number of hydrogen-bond acceptors (Lipinski definition) is 6. The number of hydrogen-bond donors (Lipinski definition) is 1. The highest BCUT2D eigenvalue weighted by molar-refractivity contribution is 6.00. The van der Waals surface area contributed by atoms with E-state index in [4.69, 9.17) is 13.9 Å². The zero-order valence-electron chi connectivity index (χ0n) is 15.5. The second-order valence-electron chi connectivity index (χ2n) is 6.04. The summed E-state index contributed by atoms with van der Waals surface area (Å²) in [5.74, 6) is 1.66. The van der Waals surface area contributed by atoms with Crippen molar-refractivity contribution in [2.75, 3.05) is 12.4 Å². The van der Waals surface area contributed by atoms with Crippen LogP contribution in [0.4, 0.5) is 5.69 Å². The number of nitrogens with one attached hydrogen (secondary N) is 1. The lowest BCUT2D eigenvalue weighted by atomic mass is 10.2. The van der Waals surface area contributed by atoms with E-state index in [1.165, 1.54) is 0 Å². The molecule has 4 rings (SSSR count). The van der Waals surface area contributed by atoms with Gasteiger partial charge in [0.15, 0.2) is 0 Å². The van der Waals surface area contributed by atoms with E-state index in [0.29, 0.717) is 22.7 Å². The molecule has 1 heterocycles. The third-order valence-electron chi connectivity index (χ3n) is 4.03. The molecule has 1 amide bonds. The Bertz CT molecular complexity index is 1110. The van der Waals surface area contributed by atoms with E-state index in [1.54, 1.807) is 55.6 Å². The fourth-order valence-electron chi connectivity index (χ4n) is 2.60. The molecule has 0 aliphatic heterocycles. The zero-order chi connectivity index (χ0) is 20.1. The minimum Gasteiger partial charge on any atom is -0.497 e. The van der Waals surface area contributed by atoms with Crippen LogP contribution in [0.3, 0.4) is 0 Å². The minimum absolute atomic E-state index is 0.132. The van der Waals surface area contributed by atoms with Gasteiger partial charge in [0.1, 0.15) is 17.2 Å². The number of rotatable bonds is 6. The van der Waals surface area contributed by atoms with Gasteiger partial charge in [-0.25, -0.2) is 0 Å². The van der Waals surface area contributed by atoms with Gasteiger partial charge in [0, 0.05) is 11.3 Å². The van der Waals surface area contributed by atoms with Gasteiger partial charge in [0.2, 0.25) is 5.89 Å². The molecule has 0 saturated carbocycles. The van der Waals surface area contributed by atoms with Gasteiger partial charge in [-0.1, -0.05) is 24.3 Å². The number of benzene rings is 3. The normalized spacial score (nSPS) is 10.4. The van der Waals surface area contributed by atoms with Gasteiger partial charge in [-0.05, 0) is 54.6 Å². The Balaban J connectivity index is 1.42. The van der Waals surface area contributed by atoms with Crippen LogP contribution in [-0.2, 0) is 0 Å². The molecule has 0 bridgehead atoms. The first-order chi connectivity index (χ1) is 14.2.